The second kappa shape index (κ2) is 7.64. The molecule has 0 radical (unpaired) electrons. The van der Waals surface area contributed by atoms with Crippen LogP contribution in [0.1, 0.15) is 10.4 Å². The molecule has 0 aromatic heterocycles. The van der Waals surface area contributed by atoms with Crippen LogP contribution in [-0.4, -0.2) is 30.9 Å². The monoisotopic (exact) mass is 419 g/mol. The maximum atomic E-state index is 12.2. The number of alkyl halides is 3. The summed E-state index contributed by atoms with van der Waals surface area (Å²) >= 11 is 3.12. The Kier molecular flexibility index (Phi) is 5.78. The number of ether oxygens (including phenoxy) is 2. The third-order valence-electron chi connectivity index (χ3n) is 3.03. The van der Waals surface area contributed by atoms with E-state index >= 15 is 0 Å². The van der Waals surface area contributed by atoms with Crippen LogP contribution in [0.25, 0.3) is 0 Å². The van der Waals surface area contributed by atoms with E-state index in [2.05, 4.69) is 26.0 Å². The van der Waals surface area contributed by atoms with E-state index in [1.165, 1.54) is 43.5 Å². The smallest absolute Gasteiger partial charge is 0.422 e. The lowest BCUT2D eigenvalue weighted by atomic mass is 10.2. The number of halogens is 4. The summed E-state index contributed by atoms with van der Waals surface area (Å²) in [6.07, 6.45) is -4.42. The Morgan fingerprint density at radius 1 is 1.24 bits per heavy atom. The molecule has 0 atom stereocenters. The van der Waals surface area contributed by atoms with Gasteiger partial charge in [-0.3, -0.25) is 4.79 Å². The van der Waals surface area contributed by atoms with Gasteiger partial charge in [0.2, 0.25) is 0 Å². The SMILES string of the molecule is COc1cc(C(=O)Nc2ccc(OCC(F)(F)F)cc2)cc(Br)c1O. The number of hydrogen-bond donors (Lipinski definition) is 2. The maximum Gasteiger partial charge on any atom is 0.422 e. The minimum atomic E-state index is -4.42. The standard InChI is InChI=1S/C16H13BrF3NO4/c1-24-13-7-9(6-12(17)14(13)22)15(23)21-10-2-4-11(5-3-10)25-8-16(18,19)20/h2-7,22H,8H2,1H3,(H,21,23). The number of rotatable bonds is 5. The van der Waals surface area contributed by atoms with Crippen LogP contribution in [0.5, 0.6) is 17.2 Å². The fourth-order valence-electron chi connectivity index (χ4n) is 1.86. The van der Waals surface area contributed by atoms with Gasteiger partial charge in [0, 0.05) is 11.3 Å². The Hall–Kier alpha value is -2.42. The van der Waals surface area contributed by atoms with Gasteiger partial charge < -0.3 is 19.9 Å². The largest absolute Gasteiger partial charge is 0.503 e. The van der Waals surface area contributed by atoms with Gasteiger partial charge in [0.1, 0.15) is 5.75 Å². The van der Waals surface area contributed by atoms with Crippen LogP contribution in [0, 0.1) is 0 Å². The van der Waals surface area contributed by atoms with Crippen molar-refractivity contribution in [3.8, 4) is 17.2 Å². The summed E-state index contributed by atoms with van der Waals surface area (Å²) in [6.45, 7) is -1.39. The number of benzene rings is 2. The highest BCUT2D eigenvalue weighted by Crippen LogP contribution is 2.35. The van der Waals surface area contributed by atoms with Gasteiger partial charge in [-0.1, -0.05) is 0 Å². The lowest BCUT2D eigenvalue weighted by Crippen LogP contribution is -2.19. The number of anilines is 1. The second-order valence-corrected chi connectivity index (χ2v) is 5.75. The summed E-state index contributed by atoms with van der Waals surface area (Å²) in [5.74, 6) is -0.465. The molecule has 0 fully saturated rings. The molecule has 0 saturated carbocycles. The van der Waals surface area contributed by atoms with Crippen LogP contribution < -0.4 is 14.8 Å². The molecular weight excluding hydrogens is 407 g/mol. The van der Waals surface area contributed by atoms with Gasteiger partial charge in [0.05, 0.1) is 11.6 Å². The number of amides is 1. The van der Waals surface area contributed by atoms with Gasteiger partial charge in [0.15, 0.2) is 18.1 Å². The van der Waals surface area contributed by atoms with Crippen molar-refractivity contribution in [3.05, 3.63) is 46.4 Å². The summed E-state index contributed by atoms with van der Waals surface area (Å²) in [5, 5.41) is 12.3. The molecule has 9 heteroatoms. The van der Waals surface area contributed by atoms with Crippen LogP contribution in [0.2, 0.25) is 0 Å². The highest BCUT2D eigenvalue weighted by Gasteiger charge is 2.28. The van der Waals surface area contributed by atoms with Crippen molar-refractivity contribution < 1.29 is 32.5 Å². The minimum absolute atomic E-state index is 0.0318. The lowest BCUT2D eigenvalue weighted by Gasteiger charge is -2.11. The van der Waals surface area contributed by atoms with Crippen LogP contribution in [0.4, 0.5) is 18.9 Å². The third-order valence-corrected chi connectivity index (χ3v) is 3.63. The number of methoxy groups -OCH3 is 1. The van der Waals surface area contributed by atoms with Crippen molar-refractivity contribution in [3.63, 3.8) is 0 Å². The summed E-state index contributed by atoms with van der Waals surface area (Å²) in [6, 6.07) is 8.22. The van der Waals surface area contributed by atoms with Gasteiger partial charge in [-0.05, 0) is 52.3 Å². The van der Waals surface area contributed by atoms with Crippen LogP contribution in [0.15, 0.2) is 40.9 Å². The Balaban J connectivity index is 2.07. The predicted octanol–water partition coefficient (Wildman–Crippen LogP) is 4.36. The number of carbonyl (C=O) groups excluding carboxylic acids is 1. The van der Waals surface area contributed by atoms with E-state index in [9.17, 15) is 23.1 Å². The highest BCUT2D eigenvalue weighted by atomic mass is 79.9. The molecule has 0 heterocycles. The van der Waals surface area contributed by atoms with Gasteiger partial charge in [-0.15, -0.1) is 0 Å². The molecule has 5 nitrogen and oxygen atoms in total. The average molecular weight is 420 g/mol. The topological polar surface area (TPSA) is 67.8 Å². The van der Waals surface area contributed by atoms with E-state index in [4.69, 9.17) is 4.74 Å². The first kappa shape index (κ1) is 18.9. The summed E-state index contributed by atoms with van der Waals surface area (Å²) in [7, 11) is 1.35. The summed E-state index contributed by atoms with van der Waals surface area (Å²) < 4.78 is 46.1. The maximum absolute atomic E-state index is 12.2. The van der Waals surface area contributed by atoms with E-state index < -0.39 is 18.7 Å². The quantitative estimate of drug-likeness (QED) is 0.755. The molecule has 1 amide bonds. The van der Waals surface area contributed by atoms with Gasteiger partial charge in [0.25, 0.3) is 5.91 Å². The highest BCUT2D eigenvalue weighted by molar-refractivity contribution is 9.10. The molecule has 2 rings (SSSR count). The molecule has 2 N–H and O–H groups in total. The number of phenolic OH excluding ortho intramolecular Hbond substituents is 1. The first-order chi connectivity index (χ1) is 11.7. The fraction of sp³-hybridized carbons (Fsp3) is 0.188. The molecule has 2 aromatic rings. The molecule has 0 spiro atoms. The molecule has 134 valence electrons. The Bertz CT molecular complexity index is 763. The molecular formula is C16H13BrF3NO4. The average Bonchev–Trinajstić information content (AvgIpc) is 2.55. The van der Waals surface area contributed by atoms with Crippen molar-refractivity contribution in [2.45, 2.75) is 6.18 Å². The van der Waals surface area contributed by atoms with Crippen LogP contribution in [0.3, 0.4) is 0 Å². The summed E-state index contributed by atoms with van der Waals surface area (Å²) in [5.41, 5.74) is 0.589. The van der Waals surface area contributed by atoms with Crippen molar-refractivity contribution in [1.82, 2.24) is 0 Å². The molecule has 2 aromatic carbocycles. The van der Waals surface area contributed by atoms with E-state index in [0.717, 1.165) is 0 Å². The van der Waals surface area contributed by atoms with Crippen molar-refractivity contribution >= 4 is 27.5 Å². The second-order valence-electron chi connectivity index (χ2n) is 4.89. The molecule has 0 saturated heterocycles. The number of hydrogen-bond acceptors (Lipinski definition) is 4. The van der Waals surface area contributed by atoms with Crippen molar-refractivity contribution in [2.75, 3.05) is 19.0 Å². The first-order valence-electron chi connectivity index (χ1n) is 6.87. The van der Waals surface area contributed by atoms with Gasteiger partial charge in [-0.2, -0.15) is 13.2 Å². The van der Waals surface area contributed by atoms with E-state index in [0.29, 0.717) is 5.69 Å². The molecule has 25 heavy (non-hydrogen) atoms. The molecule has 0 bridgehead atoms. The van der Waals surface area contributed by atoms with Gasteiger partial charge >= 0.3 is 6.18 Å². The zero-order valence-electron chi connectivity index (χ0n) is 12.9. The summed E-state index contributed by atoms with van der Waals surface area (Å²) in [4.78, 5) is 12.2. The first-order valence-corrected chi connectivity index (χ1v) is 7.66. The minimum Gasteiger partial charge on any atom is -0.503 e. The number of carbonyl (C=O) groups is 1. The molecule has 0 unspecified atom stereocenters. The van der Waals surface area contributed by atoms with Crippen molar-refractivity contribution in [2.24, 2.45) is 0 Å². The van der Waals surface area contributed by atoms with Gasteiger partial charge in [-0.25, -0.2) is 0 Å². The number of aromatic hydroxyl groups is 1. The Morgan fingerprint density at radius 3 is 2.44 bits per heavy atom. The number of phenols is 1. The van der Waals surface area contributed by atoms with Crippen LogP contribution >= 0.6 is 15.9 Å². The number of nitrogens with one attached hydrogen (secondary N) is 1. The normalized spacial score (nSPS) is 11.1. The van der Waals surface area contributed by atoms with E-state index in [1.807, 2.05) is 0 Å². The third kappa shape index (κ3) is 5.28. The Morgan fingerprint density at radius 2 is 1.88 bits per heavy atom. The zero-order chi connectivity index (χ0) is 18.6. The molecule has 0 aliphatic rings. The zero-order valence-corrected chi connectivity index (χ0v) is 14.4. The lowest BCUT2D eigenvalue weighted by molar-refractivity contribution is -0.153. The van der Waals surface area contributed by atoms with Crippen LogP contribution in [-0.2, 0) is 0 Å². The van der Waals surface area contributed by atoms with E-state index in [1.54, 1.807) is 0 Å². The van der Waals surface area contributed by atoms with E-state index in [-0.39, 0.29) is 27.3 Å². The molecule has 0 aliphatic carbocycles. The Labute approximate surface area is 149 Å². The predicted molar refractivity (Wildman–Crippen MR) is 88.3 cm³/mol. The molecule has 0 aliphatic heterocycles. The van der Waals surface area contributed by atoms with Crippen molar-refractivity contribution in [1.29, 1.82) is 0 Å². The fourth-order valence-corrected chi connectivity index (χ4v) is 2.31.